The second-order valence-corrected chi connectivity index (χ2v) is 6.52. The predicted molar refractivity (Wildman–Crippen MR) is 92.1 cm³/mol. The molecule has 4 heterocycles. The molecular weight excluding hydrogens is 323 g/mol. The van der Waals surface area contributed by atoms with Crippen LogP contribution < -0.4 is 9.80 Å². The topological polar surface area (TPSA) is 66.2 Å². The monoisotopic (exact) mass is 346 g/mol. The molecule has 0 saturated carbocycles. The van der Waals surface area contributed by atoms with Gasteiger partial charge in [0.2, 0.25) is 5.95 Å². The number of hydrogen-bond acceptors (Lipinski definition) is 7. The van der Waals surface area contributed by atoms with Crippen LogP contribution in [0.25, 0.3) is 0 Å². The van der Waals surface area contributed by atoms with Crippen molar-refractivity contribution in [1.82, 2.24) is 29.6 Å². The van der Waals surface area contributed by atoms with Crippen molar-refractivity contribution < 1.29 is 4.39 Å². The minimum Gasteiger partial charge on any atom is -0.354 e. The summed E-state index contributed by atoms with van der Waals surface area (Å²) in [6.07, 6.45) is 6.81. The molecule has 2 saturated heterocycles. The van der Waals surface area contributed by atoms with Crippen molar-refractivity contribution in [2.24, 2.45) is 0 Å². The fraction of sp³-hybridized carbons (Fsp3) is 0.625. The van der Waals surface area contributed by atoms with Crippen LogP contribution in [0.2, 0.25) is 0 Å². The van der Waals surface area contributed by atoms with E-state index in [2.05, 4.69) is 29.9 Å². The van der Waals surface area contributed by atoms with Crippen molar-refractivity contribution in [3.63, 3.8) is 0 Å². The molecular formula is C16H23FN8. The number of nitrogens with zero attached hydrogens (tertiary/aromatic N) is 8. The van der Waals surface area contributed by atoms with E-state index < -0.39 is 0 Å². The fourth-order valence-corrected chi connectivity index (χ4v) is 3.42. The maximum Gasteiger partial charge on any atom is 0.227 e. The number of halogens is 1. The highest BCUT2D eigenvalue weighted by molar-refractivity contribution is 5.45. The van der Waals surface area contributed by atoms with Gasteiger partial charge in [0.25, 0.3) is 0 Å². The summed E-state index contributed by atoms with van der Waals surface area (Å²) in [5.41, 5.74) is 0. The molecule has 0 aliphatic carbocycles. The second-order valence-electron chi connectivity index (χ2n) is 6.52. The Morgan fingerprint density at radius 3 is 2.48 bits per heavy atom. The van der Waals surface area contributed by atoms with Gasteiger partial charge >= 0.3 is 0 Å². The average Bonchev–Trinajstić information content (AvgIpc) is 3.35. The maximum absolute atomic E-state index is 14.1. The normalized spacial score (nSPS) is 18.9. The van der Waals surface area contributed by atoms with Gasteiger partial charge in [-0.3, -0.25) is 9.58 Å². The van der Waals surface area contributed by atoms with Crippen LogP contribution in [0.4, 0.5) is 16.2 Å². The lowest BCUT2D eigenvalue weighted by Gasteiger charge is -2.34. The van der Waals surface area contributed by atoms with Crippen LogP contribution in [0.3, 0.4) is 0 Å². The minimum absolute atomic E-state index is 0.322. The summed E-state index contributed by atoms with van der Waals surface area (Å²) < 4.78 is 15.9. The van der Waals surface area contributed by atoms with E-state index in [1.807, 2.05) is 9.58 Å². The van der Waals surface area contributed by atoms with Gasteiger partial charge in [0.1, 0.15) is 12.7 Å². The Morgan fingerprint density at radius 2 is 1.76 bits per heavy atom. The van der Waals surface area contributed by atoms with Crippen LogP contribution in [-0.2, 0) is 6.54 Å². The largest absolute Gasteiger partial charge is 0.354 e. The molecule has 0 atom stereocenters. The van der Waals surface area contributed by atoms with Gasteiger partial charge in [-0.25, -0.2) is 14.4 Å². The zero-order valence-corrected chi connectivity index (χ0v) is 14.3. The lowest BCUT2D eigenvalue weighted by molar-refractivity contribution is 0.243. The second kappa shape index (κ2) is 7.30. The summed E-state index contributed by atoms with van der Waals surface area (Å²) in [4.78, 5) is 19.3. The fourth-order valence-electron chi connectivity index (χ4n) is 3.42. The van der Waals surface area contributed by atoms with Crippen molar-refractivity contribution in [3.8, 4) is 0 Å². The Hall–Kier alpha value is -2.29. The number of hydrogen-bond donors (Lipinski definition) is 0. The molecule has 2 fully saturated rings. The van der Waals surface area contributed by atoms with Gasteiger partial charge in [-0.05, 0) is 12.8 Å². The first-order valence-electron chi connectivity index (χ1n) is 8.87. The van der Waals surface area contributed by atoms with Crippen molar-refractivity contribution in [1.29, 1.82) is 0 Å². The highest BCUT2D eigenvalue weighted by Gasteiger charge is 2.23. The molecule has 2 aliphatic rings. The molecule has 0 spiro atoms. The lowest BCUT2D eigenvalue weighted by Crippen LogP contribution is -2.48. The number of aromatic nitrogens is 5. The summed E-state index contributed by atoms with van der Waals surface area (Å²) >= 11 is 0. The zero-order chi connectivity index (χ0) is 17.1. The third-order valence-electron chi connectivity index (χ3n) is 4.89. The highest BCUT2D eigenvalue weighted by Crippen LogP contribution is 2.23. The van der Waals surface area contributed by atoms with E-state index in [0.717, 1.165) is 65.2 Å². The van der Waals surface area contributed by atoms with Crippen molar-refractivity contribution in [2.75, 3.05) is 55.6 Å². The Morgan fingerprint density at radius 1 is 0.960 bits per heavy atom. The molecule has 0 radical (unpaired) electrons. The number of rotatable bonds is 5. The first kappa shape index (κ1) is 16.2. The number of anilines is 2. The minimum atomic E-state index is -0.322. The molecule has 2 aromatic rings. The van der Waals surface area contributed by atoms with E-state index in [-0.39, 0.29) is 5.82 Å². The van der Waals surface area contributed by atoms with Gasteiger partial charge < -0.3 is 9.80 Å². The molecule has 0 aromatic carbocycles. The van der Waals surface area contributed by atoms with Gasteiger partial charge in [0.15, 0.2) is 11.6 Å². The molecule has 25 heavy (non-hydrogen) atoms. The van der Waals surface area contributed by atoms with Crippen molar-refractivity contribution in [2.45, 2.75) is 19.4 Å². The van der Waals surface area contributed by atoms with E-state index >= 15 is 0 Å². The number of piperazine rings is 1. The van der Waals surface area contributed by atoms with E-state index in [1.54, 1.807) is 12.7 Å². The molecule has 9 heteroatoms. The molecule has 4 rings (SSSR count). The third-order valence-corrected chi connectivity index (χ3v) is 4.89. The lowest BCUT2D eigenvalue weighted by atomic mass is 10.3. The average molecular weight is 346 g/mol. The van der Waals surface area contributed by atoms with Crippen LogP contribution in [0.5, 0.6) is 0 Å². The summed E-state index contributed by atoms with van der Waals surface area (Å²) in [7, 11) is 0. The van der Waals surface area contributed by atoms with Crippen LogP contribution in [0.15, 0.2) is 18.9 Å². The summed E-state index contributed by atoms with van der Waals surface area (Å²) in [6, 6.07) is 0. The third kappa shape index (κ3) is 3.71. The molecule has 0 unspecified atom stereocenters. The SMILES string of the molecule is Fc1cnc(N2CCN(CCn3cncn3)CC2)nc1N1CCCC1. The van der Waals surface area contributed by atoms with Gasteiger partial charge in [-0.15, -0.1) is 0 Å². The maximum atomic E-state index is 14.1. The Labute approximate surface area is 146 Å². The molecule has 0 amide bonds. The van der Waals surface area contributed by atoms with Gasteiger partial charge in [0.05, 0.1) is 12.7 Å². The Kier molecular flexibility index (Phi) is 4.73. The molecule has 0 bridgehead atoms. The summed E-state index contributed by atoms with van der Waals surface area (Å²) in [5, 5.41) is 4.13. The van der Waals surface area contributed by atoms with Crippen molar-refractivity contribution >= 4 is 11.8 Å². The van der Waals surface area contributed by atoms with Crippen LogP contribution in [0.1, 0.15) is 12.8 Å². The molecule has 134 valence electrons. The smallest absolute Gasteiger partial charge is 0.227 e. The van der Waals surface area contributed by atoms with Crippen LogP contribution in [0, 0.1) is 5.82 Å². The first-order chi connectivity index (χ1) is 12.3. The van der Waals surface area contributed by atoms with E-state index in [9.17, 15) is 4.39 Å². The molecule has 2 aliphatic heterocycles. The van der Waals surface area contributed by atoms with E-state index in [0.29, 0.717) is 11.8 Å². The van der Waals surface area contributed by atoms with E-state index in [4.69, 9.17) is 0 Å². The summed E-state index contributed by atoms with van der Waals surface area (Å²) in [6.45, 7) is 7.12. The van der Waals surface area contributed by atoms with Crippen LogP contribution in [-0.4, -0.2) is 75.4 Å². The quantitative estimate of drug-likeness (QED) is 0.787. The van der Waals surface area contributed by atoms with Gasteiger partial charge in [-0.2, -0.15) is 10.1 Å². The Bertz CT molecular complexity index is 677. The predicted octanol–water partition coefficient (Wildman–Crippen LogP) is 0.630. The highest BCUT2D eigenvalue weighted by atomic mass is 19.1. The molecule has 0 N–H and O–H groups in total. The standard InChI is InChI=1S/C16H23FN8/c17-14-11-19-16(21-15(14)23-3-1-2-4-23)24-8-5-22(6-9-24)7-10-25-13-18-12-20-25/h11-13H,1-10H2. The molecule has 8 nitrogen and oxygen atoms in total. The van der Waals surface area contributed by atoms with E-state index in [1.165, 1.54) is 6.20 Å². The van der Waals surface area contributed by atoms with Gasteiger partial charge in [-0.1, -0.05) is 0 Å². The van der Waals surface area contributed by atoms with Crippen LogP contribution >= 0.6 is 0 Å². The summed E-state index contributed by atoms with van der Waals surface area (Å²) in [5.74, 6) is 0.771. The van der Waals surface area contributed by atoms with Crippen molar-refractivity contribution in [3.05, 3.63) is 24.7 Å². The zero-order valence-electron chi connectivity index (χ0n) is 14.3. The first-order valence-corrected chi connectivity index (χ1v) is 8.87. The Balaban J connectivity index is 1.35. The molecule has 2 aromatic heterocycles. The van der Waals surface area contributed by atoms with Gasteiger partial charge in [0, 0.05) is 45.8 Å².